The maximum absolute atomic E-state index is 4.82. The average Bonchev–Trinajstić information content (AvgIpc) is 2.81. The summed E-state index contributed by atoms with van der Waals surface area (Å²) < 4.78 is 0. The van der Waals surface area contributed by atoms with Crippen LogP contribution in [0.15, 0.2) is 95.6 Å². The van der Waals surface area contributed by atoms with E-state index in [-0.39, 0.29) is 16.2 Å². The second-order valence-electron chi connectivity index (χ2n) is 13.1. The third-order valence-corrected chi connectivity index (χ3v) is 10.4. The van der Waals surface area contributed by atoms with E-state index in [1.54, 1.807) is 0 Å². The van der Waals surface area contributed by atoms with Crippen LogP contribution in [-0.2, 0) is 19.3 Å². The molecule has 0 heteroatoms. The Morgan fingerprint density at radius 3 is 2.22 bits per heavy atom. The lowest BCUT2D eigenvalue weighted by Crippen LogP contribution is -2.52. The highest BCUT2D eigenvalue weighted by atomic mass is 14.6. The average molecular weight is 489 g/mol. The Labute approximate surface area is 225 Å². The van der Waals surface area contributed by atoms with E-state index < -0.39 is 0 Å². The predicted octanol–water partition coefficient (Wildman–Crippen LogP) is 9.94. The molecule has 192 valence electrons. The SMILES string of the molecule is C=C(C)C1=C(C)C[C@@]2(C)C[C@@]3(C)Cc4c(CCc5ccccc5)ccc(C)c4C(=C)C3=C(C)[C@@]2(C)C1=C. The van der Waals surface area contributed by atoms with Crippen molar-refractivity contribution in [2.45, 2.75) is 80.6 Å². The highest BCUT2D eigenvalue weighted by Crippen LogP contribution is 2.70. The molecule has 0 amide bonds. The minimum absolute atomic E-state index is 0.0685. The Balaban J connectivity index is 1.65. The normalized spacial score (nSPS) is 29.2. The summed E-state index contributed by atoms with van der Waals surface area (Å²) in [5.41, 5.74) is 16.6. The first-order valence-electron chi connectivity index (χ1n) is 14.0. The maximum atomic E-state index is 4.82. The van der Waals surface area contributed by atoms with E-state index in [1.807, 2.05) is 0 Å². The minimum atomic E-state index is -0.102. The number of benzene rings is 2. The van der Waals surface area contributed by atoms with Crippen LogP contribution in [0, 0.1) is 23.2 Å². The number of fused-ring (bicyclic) bond motifs is 3. The molecule has 0 unspecified atom stereocenters. The molecule has 0 heterocycles. The molecule has 0 fully saturated rings. The highest BCUT2D eigenvalue weighted by molar-refractivity contribution is 5.87. The van der Waals surface area contributed by atoms with Crippen LogP contribution in [0.2, 0.25) is 0 Å². The zero-order chi connectivity index (χ0) is 26.9. The summed E-state index contributed by atoms with van der Waals surface area (Å²) in [7, 11) is 0. The molecule has 0 saturated heterocycles. The van der Waals surface area contributed by atoms with Crippen LogP contribution < -0.4 is 0 Å². The van der Waals surface area contributed by atoms with Gasteiger partial charge in [-0.1, -0.05) is 99.7 Å². The minimum Gasteiger partial charge on any atom is -0.0955 e. The van der Waals surface area contributed by atoms with E-state index in [2.05, 4.69) is 97.5 Å². The Morgan fingerprint density at radius 1 is 0.892 bits per heavy atom. The molecule has 0 aliphatic heterocycles. The van der Waals surface area contributed by atoms with E-state index in [0.29, 0.717) is 0 Å². The van der Waals surface area contributed by atoms with Gasteiger partial charge >= 0.3 is 0 Å². The molecule has 3 aliphatic rings. The van der Waals surface area contributed by atoms with Crippen LogP contribution in [0.25, 0.3) is 5.57 Å². The van der Waals surface area contributed by atoms with Gasteiger partial charge < -0.3 is 0 Å². The summed E-state index contributed by atoms with van der Waals surface area (Å²) in [6, 6.07) is 15.6. The van der Waals surface area contributed by atoms with Crippen molar-refractivity contribution in [2.24, 2.45) is 16.2 Å². The van der Waals surface area contributed by atoms with E-state index in [0.717, 1.165) is 37.7 Å². The Hall–Kier alpha value is -2.86. The molecule has 0 saturated carbocycles. The largest absolute Gasteiger partial charge is 0.0955 e. The number of hydrogen-bond donors (Lipinski definition) is 0. The van der Waals surface area contributed by atoms with Crippen molar-refractivity contribution in [2.75, 3.05) is 0 Å². The van der Waals surface area contributed by atoms with Gasteiger partial charge in [0.05, 0.1) is 0 Å². The zero-order valence-electron chi connectivity index (χ0n) is 24.2. The van der Waals surface area contributed by atoms with Crippen molar-refractivity contribution in [3.63, 3.8) is 0 Å². The fourth-order valence-electron chi connectivity index (χ4n) is 8.76. The van der Waals surface area contributed by atoms with Gasteiger partial charge in [0, 0.05) is 5.41 Å². The Bertz CT molecular complexity index is 1410. The molecule has 0 radical (unpaired) electrons. The van der Waals surface area contributed by atoms with Crippen LogP contribution in [0.5, 0.6) is 0 Å². The van der Waals surface area contributed by atoms with Crippen molar-refractivity contribution in [3.05, 3.63) is 123 Å². The van der Waals surface area contributed by atoms with Gasteiger partial charge in [-0.2, -0.15) is 0 Å². The van der Waals surface area contributed by atoms with Gasteiger partial charge in [-0.15, -0.1) is 0 Å². The third-order valence-electron chi connectivity index (χ3n) is 10.4. The number of rotatable bonds is 4. The van der Waals surface area contributed by atoms with Crippen LogP contribution in [0.4, 0.5) is 0 Å². The number of allylic oxidation sites excluding steroid dienone is 7. The topological polar surface area (TPSA) is 0 Å². The zero-order valence-corrected chi connectivity index (χ0v) is 24.2. The first-order chi connectivity index (χ1) is 17.3. The Morgan fingerprint density at radius 2 is 1.57 bits per heavy atom. The lowest BCUT2D eigenvalue weighted by atomic mass is 9.41. The lowest BCUT2D eigenvalue weighted by Gasteiger charge is -2.62. The molecule has 0 N–H and O–H groups in total. The second kappa shape index (κ2) is 8.59. The summed E-state index contributed by atoms with van der Waals surface area (Å²) in [4.78, 5) is 0. The van der Waals surface area contributed by atoms with E-state index >= 15 is 0 Å². The van der Waals surface area contributed by atoms with Crippen molar-refractivity contribution in [1.82, 2.24) is 0 Å². The summed E-state index contributed by atoms with van der Waals surface area (Å²) in [5.74, 6) is 0. The van der Waals surface area contributed by atoms with Crippen LogP contribution >= 0.6 is 0 Å². The van der Waals surface area contributed by atoms with Gasteiger partial charge in [-0.3, -0.25) is 0 Å². The third kappa shape index (κ3) is 3.63. The lowest BCUT2D eigenvalue weighted by molar-refractivity contribution is 0.0543. The quantitative estimate of drug-likeness (QED) is 0.401. The molecule has 2 aromatic carbocycles. The van der Waals surface area contributed by atoms with E-state index in [9.17, 15) is 0 Å². The van der Waals surface area contributed by atoms with Gasteiger partial charge in [-0.05, 0) is 121 Å². The molecule has 5 rings (SSSR count). The van der Waals surface area contributed by atoms with Gasteiger partial charge in [-0.25, -0.2) is 0 Å². The molecule has 3 aliphatic carbocycles. The van der Waals surface area contributed by atoms with Crippen molar-refractivity contribution >= 4 is 5.57 Å². The fourth-order valence-corrected chi connectivity index (χ4v) is 8.76. The van der Waals surface area contributed by atoms with Gasteiger partial charge in [0.25, 0.3) is 0 Å². The molecular formula is C37H44. The molecule has 37 heavy (non-hydrogen) atoms. The van der Waals surface area contributed by atoms with Gasteiger partial charge in [0.15, 0.2) is 0 Å². The monoisotopic (exact) mass is 488 g/mol. The smallest absolute Gasteiger partial charge is 0.0194 e. The van der Waals surface area contributed by atoms with Crippen molar-refractivity contribution < 1.29 is 0 Å². The Kier molecular flexibility index (Phi) is 5.98. The van der Waals surface area contributed by atoms with E-state index in [4.69, 9.17) is 13.2 Å². The van der Waals surface area contributed by atoms with Gasteiger partial charge in [0.2, 0.25) is 0 Å². The maximum Gasteiger partial charge on any atom is 0.0194 e. The molecule has 0 spiro atoms. The summed E-state index contributed by atoms with van der Waals surface area (Å²) >= 11 is 0. The first-order valence-corrected chi connectivity index (χ1v) is 14.0. The molecular weight excluding hydrogens is 444 g/mol. The number of hydrogen-bond acceptors (Lipinski definition) is 0. The van der Waals surface area contributed by atoms with Crippen LogP contribution in [-0.4, -0.2) is 0 Å². The summed E-state index contributed by atoms with van der Waals surface area (Å²) in [5, 5.41) is 0. The molecule has 0 aromatic heterocycles. The van der Waals surface area contributed by atoms with Crippen LogP contribution in [0.3, 0.4) is 0 Å². The molecule has 3 atom stereocenters. The molecule has 0 nitrogen and oxygen atoms in total. The van der Waals surface area contributed by atoms with Gasteiger partial charge in [0.1, 0.15) is 0 Å². The summed E-state index contributed by atoms with van der Waals surface area (Å²) in [6.45, 7) is 30.5. The summed E-state index contributed by atoms with van der Waals surface area (Å²) in [6.07, 6.45) is 5.48. The fraction of sp³-hybridized carbons (Fsp3) is 0.405. The molecule has 2 aromatic rings. The van der Waals surface area contributed by atoms with Crippen molar-refractivity contribution in [1.29, 1.82) is 0 Å². The predicted molar refractivity (Wildman–Crippen MR) is 161 cm³/mol. The second-order valence-corrected chi connectivity index (χ2v) is 13.1. The van der Waals surface area contributed by atoms with E-state index in [1.165, 1.54) is 61.3 Å². The first kappa shape index (κ1) is 25.8. The van der Waals surface area contributed by atoms with Crippen molar-refractivity contribution in [3.8, 4) is 0 Å². The highest BCUT2D eigenvalue weighted by Gasteiger charge is 2.59. The van der Waals surface area contributed by atoms with Crippen LogP contribution in [0.1, 0.15) is 82.2 Å². The standard InChI is InChI=1S/C37H44/c1-23(2)32-25(4)20-36(9)22-35(8)21-31-30(19-17-29-14-12-11-13-15-29)18-16-24(3)33(31)26(5)34(35)28(7)37(36,10)27(32)6/h11-16,18H,1,5-6,17,19-22H2,2-4,7-10H3/t35-,36+,37-/m1/s1. The number of aryl methyl sites for hydroxylation is 3. The molecule has 0 bridgehead atoms.